The van der Waals surface area contributed by atoms with Crippen LogP contribution in [0.15, 0.2) is 42.5 Å². The van der Waals surface area contributed by atoms with Crippen LogP contribution >= 0.6 is 0 Å². The van der Waals surface area contributed by atoms with Gasteiger partial charge in [0.1, 0.15) is 6.79 Å². The monoisotopic (exact) mass is 420 g/mol. The van der Waals surface area contributed by atoms with E-state index in [0.717, 1.165) is 25.7 Å². The molecule has 0 bridgehead atoms. The molecule has 0 aliphatic carbocycles. The van der Waals surface area contributed by atoms with Gasteiger partial charge in [0.05, 0.1) is 31.5 Å². The average Bonchev–Trinajstić information content (AvgIpc) is 3.11. The molecule has 4 atom stereocenters. The van der Waals surface area contributed by atoms with E-state index in [0.29, 0.717) is 19.1 Å². The van der Waals surface area contributed by atoms with Crippen molar-refractivity contribution in [2.75, 3.05) is 20.5 Å². The van der Waals surface area contributed by atoms with Crippen molar-refractivity contribution in [1.29, 1.82) is 0 Å². The Hall–Kier alpha value is -1.24. The zero-order valence-electron chi connectivity index (χ0n) is 19.3. The van der Waals surface area contributed by atoms with Crippen LogP contribution in [-0.4, -0.2) is 44.6 Å². The molecule has 5 nitrogen and oxygen atoms in total. The van der Waals surface area contributed by atoms with Gasteiger partial charge in [0.25, 0.3) is 0 Å². The minimum Gasteiger partial charge on any atom is -0.371 e. The highest BCUT2D eigenvalue weighted by atomic mass is 16.7. The first kappa shape index (κ1) is 25.0. The summed E-state index contributed by atoms with van der Waals surface area (Å²) in [4.78, 5) is 0. The van der Waals surface area contributed by atoms with E-state index in [-0.39, 0.29) is 25.1 Å². The number of hydrogen-bond donors (Lipinski definition) is 0. The molecule has 30 heavy (non-hydrogen) atoms. The van der Waals surface area contributed by atoms with Gasteiger partial charge in [-0.25, -0.2) is 0 Å². The zero-order chi connectivity index (χ0) is 21.8. The topological polar surface area (TPSA) is 46.2 Å². The highest BCUT2D eigenvalue weighted by molar-refractivity contribution is 5.13. The second-order valence-corrected chi connectivity index (χ2v) is 8.60. The lowest BCUT2D eigenvalue weighted by atomic mass is 9.98. The molecule has 1 fully saturated rings. The first-order chi connectivity index (χ1) is 14.4. The standard InChI is InChI=1S/C25H40O5/c1-20(24-18-29-25(3,4)30-24)13-9-6-7-12-16-23(28-19-26-5)21(2)27-17-22-14-10-8-11-15-22/h7-8,10-12,14-15,20-21,23-24H,6,9,13,16-19H2,1-5H3/b12-7+/t20-,21-,23-,24-/m0/s1. The molecule has 0 amide bonds. The number of allylic oxidation sites excluding steroid dienone is 1. The summed E-state index contributed by atoms with van der Waals surface area (Å²) < 4.78 is 28.6. The molecule has 0 N–H and O–H groups in total. The first-order valence-electron chi connectivity index (χ1n) is 11.1. The first-order valence-corrected chi connectivity index (χ1v) is 11.1. The summed E-state index contributed by atoms with van der Waals surface area (Å²) in [6.45, 7) is 9.83. The maximum Gasteiger partial charge on any atom is 0.163 e. The number of methoxy groups -OCH3 is 1. The molecule has 0 saturated carbocycles. The van der Waals surface area contributed by atoms with Crippen LogP contribution in [0.3, 0.4) is 0 Å². The molecular formula is C25H40O5. The Morgan fingerprint density at radius 3 is 2.57 bits per heavy atom. The lowest BCUT2D eigenvalue weighted by Crippen LogP contribution is -2.29. The van der Waals surface area contributed by atoms with E-state index < -0.39 is 5.79 Å². The van der Waals surface area contributed by atoms with Crippen LogP contribution in [0.2, 0.25) is 0 Å². The summed E-state index contributed by atoms with van der Waals surface area (Å²) in [5.41, 5.74) is 1.17. The predicted molar refractivity (Wildman–Crippen MR) is 119 cm³/mol. The molecule has 1 aliphatic heterocycles. The number of hydrogen-bond acceptors (Lipinski definition) is 5. The lowest BCUT2D eigenvalue weighted by molar-refractivity contribution is -0.144. The van der Waals surface area contributed by atoms with Crippen molar-refractivity contribution in [3.63, 3.8) is 0 Å². The van der Waals surface area contributed by atoms with Crippen molar-refractivity contribution in [2.45, 2.75) is 84.1 Å². The predicted octanol–water partition coefficient (Wildman–Crippen LogP) is 5.49. The minimum absolute atomic E-state index is 0.0205. The summed E-state index contributed by atoms with van der Waals surface area (Å²) >= 11 is 0. The molecule has 1 saturated heterocycles. The van der Waals surface area contributed by atoms with Crippen LogP contribution in [0.4, 0.5) is 0 Å². The molecular weight excluding hydrogens is 380 g/mol. The van der Waals surface area contributed by atoms with E-state index in [1.54, 1.807) is 7.11 Å². The van der Waals surface area contributed by atoms with Crippen LogP contribution in [0.1, 0.15) is 58.9 Å². The summed E-state index contributed by atoms with van der Waals surface area (Å²) in [6.07, 6.45) is 8.74. The maximum absolute atomic E-state index is 6.03. The third-order valence-electron chi connectivity index (χ3n) is 5.51. The van der Waals surface area contributed by atoms with Gasteiger partial charge in [0.15, 0.2) is 5.79 Å². The summed E-state index contributed by atoms with van der Waals surface area (Å²) in [6, 6.07) is 10.2. The molecule has 1 aromatic rings. The van der Waals surface area contributed by atoms with E-state index in [1.165, 1.54) is 5.56 Å². The maximum atomic E-state index is 6.03. The largest absolute Gasteiger partial charge is 0.371 e. The molecule has 170 valence electrons. The molecule has 1 aliphatic rings. The van der Waals surface area contributed by atoms with Crippen LogP contribution in [0.25, 0.3) is 0 Å². The fourth-order valence-corrected chi connectivity index (χ4v) is 3.55. The van der Waals surface area contributed by atoms with Crippen LogP contribution in [0.5, 0.6) is 0 Å². The Morgan fingerprint density at radius 2 is 1.90 bits per heavy atom. The van der Waals surface area contributed by atoms with Gasteiger partial charge >= 0.3 is 0 Å². The van der Waals surface area contributed by atoms with Gasteiger partial charge in [-0.3, -0.25) is 0 Å². The Kier molecular flexibility index (Phi) is 11.0. The number of rotatable bonds is 14. The van der Waals surface area contributed by atoms with Crippen molar-refractivity contribution < 1.29 is 23.7 Å². The summed E-state index contributed by atoms with van der Waals surface area (Å²) in [5.74, 6) is 0.0688. The number of unbranched alkanes of at least 4 members (excludes halogenated alkanes) is 1. The van der Waals surface area contributed by atoms with E-state index >= 15 is 0 Å². The van der Waals surface area contributed by atoms with Crippen molar-refractivity contribution in [3.8, 4) is 0 Å². The second kappa shape index (κ2) is 13.2. The molecule has 5 heteroatoms. The van der Waals surface area contributed by atoms with Gasteiger partial charge in [-0.1, -0.05) is 49.4 Å². The molecule has 2 rings (SSSR count). The molecule has 1 aromatic carbocycles. The Morgan fingerprint density at radius 1 is 1.13 bits per heavy atom. The highest BCUT2D eigenvalue weighted by Crippen LogP contribution is 2.28. The van der Waals surface area contributed by atoms with E-state index in [4.69, 9.17) is 23.7 Å². The second-order valence-electron chi connectivity index (χ2n) is 8.60. The smallest absolute Gasteiger partial charge is 0.163 e. The Labute approximate surface area is 182 Å². The van der Waals surface area contributed by atoms with Gasteiger partial charge in [-0.15, -0.1) is 0 Å². The van der Waals surface area contributed by atoms with Gasteiger partial charge in [-0.2, -0.15) is 0 Å². The highest BCUT2D eigenvalue weighted by Gasteiger charge is 2.35. The fourth-order valence-electron chi connectivity index (χ4n) is 3.55. The van der Waals surface area contributed by atoms with Gasteiger partial charge in [0, 0.05) is 7.11 Å². The van der Waals surface area contributed by atoms with Gasteiger partial charge in [-0.05, 0) is 57.9 Å². The van der Waals surface area contributed by atoms with Gasteiger partial charge < -0.3 is 23.7 Å². The van der Waals surface area contributed by atoms with Crippen molar-refractivity contribution in [1.82, 2.24) is 0 Å². The third kappa shape index (κ3) is 9.27. The van der Waals surface area contributed by atoms with E-state index in [2.05, 4.69) is 38.1 Å². The normalized spacial score (nSPS) is 21.7. The quantitative estimate of drug-likeness (QED) is 0.226. The van der Waals surface area contributed by atoms with Crippen molar-refractivity contribution >= 4 is 0 Å². The van der Waals surface area contributed by atoms with E-state index in [9.17, 15) is 0 Å². The van der Waals surface area contributed by atoms with Gasteiger partial charge in [0.2, 0.25) is 0 Å². The minimum atomic E-state index is -0.435. The molecule has 0 aromatic heterocycles. The average molecular weight is 421 g/mol. The lowest BCUT2D eigenvalue weighted by Gasteiger charge is -2.23. The number of ether oxygens (including phenoxy) is 5. The molecule has 0 radical (unpaired) electrons. The Balaban J connectivity index is 1.67. The molecule has 0 spiro atoms. The van der Waals surface area contributed by atoms with Crippen LogP contribution < -0.4 is 0 Å². The Bertz CT molecular complexity index is 601. The van der Waals surface area contributed by atoms with Crippen LogP contribution in [-0.2, 0) is 30.3 Å². The van der Waals surface area contributed by atoms with Crippen molar-refractivity contribution in [2.24, 2.45) is 5.92 Å². The third-order valence-corrected chi connectivity index (χ3v) is 5.51. The van der Waals surface area contributed by atoms with Crippen molar-refractivity contribution in [3.05, 3.63) is 48.0 Å². The van der Waals surface area contributed by atoms with E-state index in [1.807, 2.05) is 32.0 Å². The summed E-state index contributed by atoms with van der Waals surface area (Å²) in [7, 11) is 1.64. The fraction of sp³-hybridized carbons (Fsp3) is 0.680. The summed E-state index contributed by atoms with van der Waals surface area (Å²) in [5, 5.41) is 0. The van der Waals surface area contributed by atoms with Crippen LogP contribution in [0, 0.1) is 5.92 Å². The SMILES string of the molecule is COCO[C@@H](C/C=C/CCC[C@H](C)[C@@H]1COC(C)(C)O1)[C@H](C)OCc1ccccc1. The number of benzene rings is 1. The molecule has 0 unspecified atom stereocenters. The molecule has 1 heterocycles. The zero-order valence-corrected chi connectivity index (χ0v) is 19.3.